The summed E-state index contributed by atoms with van der Waals surface area (Å²) in [7, 11) is -5.10. The van der Waals surface area contributed by atoms with E-state index in [1.165, 1.54) is 0 Å². The number of hydrogen-bond acceptors (Lipinski definition) is 10. The summed E-state index contributed by atoms with van der Waals surface area (Å²) < 4.78 is 34.6. The van der Waals surface area contributed by atoms with Gasteiger partial charge in [-0.15, -0.1) is 0 Å². The lowest BCUT2D eigenvalue weighted by Gasteiger charge is -2.27. The van der Waals surface area contributed by atoms with E-state index in [2.05, 4.69) is 4.18 Å². The molecule has 0 saturated heterocycles. The minimum absolute atomic E-state index is 0.0826. The SMILES string of the molecule is O=S(=O)(O)O[C@@H]([C@H](O)[C@H](O)CO)[C@H](O)C[C+]1C[C@@H](O)[C@H](O)[C@H]1CO. The Balaban J connectivity index is 2.89. The predicted molar refractivity (Wildman–Crippen MR) is 76.6 cm³/mol. The molecule has 142 valence electrons. The van der Waals surface area contributed by atoms with Gasteiger partial charge < -0.3 is 35.7 Å². The molecule has 0 heterocycles. The minimum atomic E-state index is -5.10. The largest absolute Gasteiger partial charge is 0.397 e. The molecule has 1 aliphatic rings. The Morgan fingerprint density at radius 1 is 1.12 bits per heavy atom. The summed E-state index contributed by atoms with van der Waals surface area (Å²) in [6.07, 6.45) is -10.7. The highest BCUT2D eigenvalue weighted by Gasteiger charge is 2.52. The first-order chi connectivity index (χ1) is 11.0. The van der Waals surface area contributed by atoms with Crippen LogP contribution in [0.15, 0.2) is 0 Å². The van der Waals surface area contributed by atoms with E-state index in [0.29, 0.717) is 5.92 Å². The summed E-state index contributed by atoms with van der Waals surface area (Å²) in [6.45, 7) is -1.50. The van der Waals surface area contributed by atoms with Crippen LogP contribution in [0.1, 0.15) is 12.8 Å². The van der Waals surface area contributed by atoms with E-state index >= 15 is 0 Å². The van der Waals surface area contributed by atoms with Gasteiger partial charge in [0.25, 0.3) is 0 Å². The number of aliphatic hydroxyl groups is 7. The Morgan fingerprint density at radius 2 is 1.71 bits per heavy atom. The lowest BCUT2D eigenvalue weighted by Crippen LogP contribution is -2.49. The Labute approximate surface area is 138 Å². The molecule has 0 unspecified atom stereocenters. The molecule has 0 radical (unpaired) electrons. The van der Waals surface area contributed by atoms with Crippen molar-refractivity contribution in [2.75, 3.05) is 13.2 Å². The third kappa shape index (κ3) is 5.49. The molecule has 8 N–H and O–H groups in total. The molecule has 0 bridgehead atoms. The number of hydrogen-bond donors (Lipinski definition) is 8. The average molecular weight is 375 g/mol. The van der Waals surface area contributed by atoms with Crippen molar-refractivity contribution in [3.05, 3.63) is 5.92 Å². The first kappa shape index (κ1) is 21.5. The van der Waals surface area contributed by atoms with Gasteiger partial charge >= 0.3 is 10.4 Å². The average Bonchev–Trinajstić information content (AvgIpc) is 2.76. The zero-order chi connectivity index (χ0) is 18.7. The molecule has 11 nitrogen and oxygen atoms in total. The van der Waals surface area contributed by atoms with Gasteiger partial charge in [-0.05, 0) is 0 Å². The molecule has 1 rings (SSSR count). The van der Waals surface area contributed by atoms with Crippen LogP contribution in [0.2, 0.25) is 0 Å². The zero-order valence-corrected chi connectivity index (χ0v) is 13.4. The van der Waals surface area contributed by atoms with Crippen LogP contribution in [0.5, 0.6) is 0 Å². The van der Waals surface area contributed by atoms with Crippen molar-refractivity contribution in [1.82, 2.24) is 0 Å². The van der Waals surface area contributed by atoms with Crippen molar-refractivity contribution in [3.63, 3.8) is 0 Å². The summed E-state index contributed by atoms with van der Waals surface area (Å²) in [4.78, 5) is 0. The Hall–Kier alpha value is -0.540. The molecule has 24 heavy (non-hydrogen) atoms. The maximum absolute atomic E-state index is 10.9. The minimum Gasteiger partial charge on any atom is -0.394 e. The van der Waals surface area contributed by atoms with Crippen LogP contribution in [0.4, 0.5) is 0 Å². The molecule has 1 saturated carbocycles. The second-order valence-corrected chi connectivity index (χ2v) is 6.76. The second kappa shape index (κ2) is 8.71. The van der Waals surface area contributed by atoms with Crippen molar-refractivity contribution < 1.29 is 52.9 Å². The van der Waals surface area contributed by atoms with Crippen LogP contribution in [-0.4, -0.2) is 98.6 Å². The molecule has 1 aliphatic carbocycles. The van der Waals surface area contributed by atoms with E-state index in [9.17, 15) is 39.1 Å². The highest BCUT2D eigenvalue weighted by molar-refractivity contribution is 7.80. The Kier molecular flexibility index (Phi) is 7.80. The molecule has 0 aromatic heterocycles. The van der Waals surface area contributed by atoms with Crippen LogP contribution in [0.25, 0.3) is 0 Å². The first-order valence-electron chi connectivity index (χ1n) is 7.14. The van der Waals surface area contributed by atoms with Gasteiger partial charge in [0.2, 0.25) is 0 Å². The summed E-state index contributed by atoms with van der Waals surface area (Å²) in [6, 6.07) is 0. The maximum Gasteiger partial charge on any atom is 0.397 e. The van der Waals surface area contributed by atoms with Crippen molar-refractivity contribution in [3.8, 4) is 0 Å². The van der Waals surface area contributed by atoms with Crippen LogP contribution < -0.4 is 0 Å². The van der Waals surface area contributed by atoms with Crippen molar-refractivity contribution in [2.24, 2.45) is 5.92 Å². The maximum atomic E-state index is 10.9. The van der Waals surface area contributed by atoms with Gasteiger partial charge in [-0.2, -0.15) is 8.42 Å². The molecular formula is C12H23O11S+. The molecule has 1 fully saturated rings. The quantitative estimate of drug-likeness (QED) is 0.144. The van der Waals surface area contributed by atoms with Gasteiger partial charge in [0.05, 0.1) is 13.2 Å². The van der Waals surface area contributed by atoms with E-state index < -0.39 is 72.6 Å². The van der Waals surface area contributed by atoms with Gasteiger partial charge in [-0.25, -0.2) is 4.18 Å². The van der Waals surface area contributed by atoms with Gasteiger partial charge in [-0.1, -0.05) is 0 Å². The van der Waals surface area contributed by atoms with E-state index in [4.69, 9.17) is 9.66 Å². The monoisotopic (exact) mass is 375 g/mol. The van der Waals surface area contributed by atoms with Crippen LogP contribution in [0.3, 0.4) is 0 Å². The summed E-state index contributed by atoms with van der Waals surface area (Å²) >= 11 is 0. The molecule has 0 spiro atoms. The molecule has 7 atom stereocenters. The highest BCUT2D eigenvalue weighted by atomic mass is 32.3. The summed E-state index contributed by atoms with van der Waals surface area (Å²) in [5, 5.41) is 66.6. The predicted octanol–water partition coefficient (Wildman–Crippen LogP) is -4.05. The molecule has 0 amide bonds. The normalized spacial score (nSPS) is 30.2. The third-order valence-corrected chi connectivity index (χ3v) is 4.47. The van der Waals surface area contributed by atoms with Crippen LogP contribution in [0, 0.1) is 11.8 Å². The fourth-order valence-electron chi connectivity index (χ4n) is 2.72. The van der Waals surface area contributed by atoms with E-state index in [1.807, 2.05) is 0 Å². The van der Waals surface area contributed by atoms with Crippen LogP contribution in [-0.2, 0) is 14.6 Å². The number of aliphatic hydroxyl groups excluding tert-OH is 7. The summed E-state index contributed by atoms with van der Waals surface area (Å²) in [5.41, 5.74) is 0. The third-order valence-electron chi connectivity index (χ3n) is 4.00. The smallest absolute Gasteiger partial charge is 0.394 e. The number of rotatable bonds is 9. The van der Waals surface area contributed by atoms with Crippen molar-refractivity contribution in [2.45, 2.75) is 49.5 Å². The van der Waals surface area contributed by atoms with Gasteiger partial charge in [0, 0.05) is 0 Å². The Bertz CT molecular complexity index is 483. The van der Waals surface area contributed by atoms with Crippen LogP contribution >= 0.6 is 0 Å². The molecular weight excluding hydrogens is 352 g/mol. The Morgan fingerprint density at radius 3 is 2.17 bits per heavy atom. The van der Waals surface area contributed by atoms with Crippen molar-refractivity contribution in [1.29, 1.82) is 0 Å². The van der Waals surface area contributed by atoms with Gasteiger partial charge in [0.15, 0.2) is 5.92 Å². The molecule has 0 aliphatic heterocycles. The highest BCUT2D eigenvalue weighted by Crippen LogP contribution is 2.38. The second-order valence-electron chi connectivity index (χ2n) is 5.71. The fourth-order valence-corrected chi connectivity index (χ4v) is 3.25. The molecule has 12 heteroatoms. The van der Waals surface area contributed by atoms with E-state index in [0.717, 1.165) is 0 Å². The first-order valence-corrected chi connectivity index (χ1v) is 8.50. The fraction of sp³-hybridized carbons (Fsp3) is 0.917. The zero-order valence-electron chi connectivity index (χ0n) is 12.6. The molecule has 0 aromatic carbocycles. The van der Waals surface area contributed by atoms with E-state index in [-0.39, 0.29) is 6.42 Å². The summed E-state index contributed by atoms with van der Waals surface area (Å²) in [5.74, 6) is -0.583. The molecule has 0 aromatic rings. The lowest BCUT2D eigenvalue weighted by molar-refractivity contribution is -0.106. The standard InChI is InChI=1S/C12H22O11S/c13-3-6-5(1-7(15)10(6)18)2-8(16)12(23-24(20,21)22)11(19)9(17)4-14/h6-19H,1-4H2/p+1/t6-,7+,8+,9+,10+,11+,12+/m0/s1. The van der Waals surface area contributed by atoms with E-state index in [1.54, 1.807) is 0 Å². The lowest BCUT2D eigenvalue weighted by atomic mass is 9.87. The van der Waals surface area contributed by atoms with Gasteiger partial charge in [-0.3, -0.25) is 4.55 Å². The van der Waals surface area contributed by atoms with Crippen molar-refractivity contribution >= 4 is 10.4 Å². The topological polar surface area (TPSA) is 205 Å². The van der Waals surface area contributed by atoms with Gasteiger partial charge in [0.1, 0.15) is 55.4 Å².